The van der Waals surface area contributed by atoms with E-state index in [2.05, 4.69) is 91.3 Å². The van der Waals surface area contributed by atoms with Gasteiger partial charge in [-0.3, -0.25) is 14.1 Å². The zero-order chi connectivity index (χ0) is 36.8. The summed E-state index contributed by atoms with van der Waals surface area (Å²) >= 11 is 0. The highest BCUT2D eigenvalue weighted by Crippen LogP contribution is 2.36. The van der Waals surface area contributed by atoms with Gasteiger partial charge in [-0.25, -0.2) is 4.57 Å². The Morgan fingerprint density at radius 1 is 0.520 bits per heavy atom. The van der Waals surface area contributed by atoms with Crippen LogP contribution in [0.2, 0.25) is 0 Å². The molecule has 286 valence electrons. The first-order valence-corrected chi connectivity index (χ1v) is 20.8. The van der Waals surface area contributed by atoms with Crippen LogP contribution < -0.4 is 0 Å². The molecule has 0 unspecified atom stereocenters. The van der Waals surface area contributed by atoms with Crippen molar-refractivity contribution < 1.29 is 37.9 Å². The summed E-state index contributed by atoms with van der Waals surface area (Å²) in [5.41, 5.74) is 0. The van der Waals surface area contributed by atoms with Crippen molar-refractivity contribution in [2.45, 2.75) is 161 Å². The lowest BCUT2D eigenvalue weighted by atomic mass is 10.1. The normalized spacial score (nSPS) is 13.3. The average Bonchev–Trinajstić information content (AvgIpc) is 3.08. The van der Waals surface area contributed by atoms with E-state index >= 15 is 0 Å². The van der Waals surface area contributed by atoms with Crippen LogP contribution in [0.3, 0.4) is 0 Å². The van der Waals surface area contributed by atoms with E-state index in [0.717, 1.165) is 70.6 Å². The van der Waals surface area contributed by atoms with Gasteiger partial charge in [-0.15, -0.1) is 0 Å². The number of phosphoric ester groups is 1. The number of rotatable bonds is 34. The average molecular weight is 721 g/mol. The maximum atomic E-state index is 12.4. The predicted molar refractivity (Wildman–Crippen MR) is 207 cm³/mol. The first-order chi connectivity index (χ1) is 24.3. The minimum absolute atomic E-state index is 0.174. The first-order valence-electron chi connectivity index (χ1n) is 19.2. The summed E-state index contributed by atoms with van der Waals surface area (Å²) in [6, 6.07) is 0. The van der Waals surface area contributed by atoms with Gasteiger partial charge in [0.1, 0.15) is 6.61 Å². The van der Waals surface area contributed by atoms with Crippen molar-refractivity contribution >= 4 is 19.8 Å². The summed E-state index contributed by atoms with van der Waals surface area (Å²) in [5, 5.41) is 0. The van der Waals surface area contributed by atoms with Crippen molar-refractivity contribution in [2.75, 3.05) is 13.2 Å². The molecule has 9 heteroatoms. The van der Waals surface area contributed by atoms with Crippen LogP contribution in [0.5, 0.6) is 0 Å². The zero-order valence-corrected chi connectivity index (χ0v) is 32.2. The second-order valence-corrected chi connectivity index (χ2v) is 13.8. The molecule has 0 radical (unpaired) electrons. The van der Waals surface area contributed by atoms with Crippen molar-refractivity contribution in [2.24, 2.45) is 0 Å². The van der Waals surface area contributed by atoms with E-state index in [4.69, 9.17) is 19.3 Å². The van der Waals surface area contributed by atoms with Gasteiger partial charge < -0.3 is 19.3 Å². The molecule has 0 saturated heterocycles. The van der Waals surface area contributed by atoms with E-state index < -0.39 is 32.5 Å². The molecule has 0 aromatic heterocycles. The molecule has 0 aromatic carbocycles. The van der Waals surface area contributed by atoms with Crippen LogP contribution in [0.25, 0.3) is 0 Å². The molecule has 0 fully saturated rings. The number of hydrogen-bond donors (Lipinski definition) is 2. The fraction of sp³-hybridized carbons (Fsp3) is 0.659. The van der Waals surface area contributed by atoms with E-state index in [0.29, 0.717) is 12.8 Å². The largest absolute Gasteiger partial charge is 0.469 e. The van der Waals surface area contributed by atoms with Gasteiger partial charge in [0.2, 0.25) is 0 Å². The predicted octanol–water partition coefficient (Wildman–Crippen LogP) is 11.5. The molecule has 0 bridgehead atoms. The van der Waals surface area contributed by atoms with Crippen LogP contribution in [-0.4, -0.2) is 41.0 Å². The van der Waals surface area contributed by atoms with E-state index in [-0.39, 0.29) is 19.4 Å². The van der Waals surface area contributed by atoms with Gasteiger partial charge in [0.25, 0.3) is 0 Å². The maximum absolute atomic E-state index is 12.4. The van der Waals surface area contributed by atoms with Crippen molar-refractivity contribution in [1.29, 1.82) is 0 Å². The molecular formula is C41H69O8P. The van der Waals surface area contributed by atoms with Gasteiger partial charge in [0.15, 0.2) is 6.10 Å². The first kappa shape index (κ1) is 47.5. The third-order valence-electron chi connectivity index (χ3n) is 7.70. The molecule has 8 nitrogen and oxygen atoms in total. The Morgan fingerprint density at radius 3 is 1.36 bits per heavy atom. The van der Waals surface area contributed by atoms with E-state index in [9.17, 15) is 14.2 Å². The molecule has 2 N–H and O–H groups in total. The summed E-state index contributed by atoms with van der Waals surface area (Å²) in [6.07, 6.45) is 46.2. The van der Waals surface area contributed by atoms with Crippen molar-refractivity contribution in [3.63, 3.8) is 0 Å². The molecule has 0 aromatic rings. The van der Waals surface area contributed by atoms with Gasteiger partial charge in [-0.05, 0) is 89.9 Å². The maximum Gasteiger partial charge on any atom is 0.469 e. The molecule has 0 aliphatic heterocycles. The molecule has 0 rings (SSSR count). The van der Waals surface area contributed by atoms with E-state index in [1.54, 1.807) is 0 Å². The quantitative estimate of drug-likeness (QED) is 0.0292. The van der Waals surface area contributed by atoms with Gasteiger partial charge in [-0.2, -0.15) is 0 Å². The smallest absolute Gasteiger partial charge is 0.462 e. The minimum atomic E-state index is -4.77. The molecule has 0 aliphatic rings. The Balaban J connectivity index is 4.10. The Hall–Kier alpha value is -2.51. The highest BCUT2D eigenvalue weighted by atomic mass is 31.2. The zero-order valence-electron chi connectivity index (χ0n) is 31.3. The number of carbonyl (C=O) groups excluding carboxylic acids is 2. The highest BCUT2D eigenvalue weighted by molar-refractivity contribution is 7.46. The molecule has 0 amide bonds. The Morgan fingerprint density at radius 2 is 0.900 bits per heavy atom. The van der Waals surface area contributed by atoms with Gasteiger partial charge in [0, 0.05) is 12.8 Å². The summed E-state index contributed by atoms with van der Waals surface area (Å²) in [4.78, 5) is 42.7. The molecule has 50 heavy (non-hydrogen) atoms. The number of allylic oxidation sites excluding steroid dienone is 12. The molecule has 0 spiro atoms. The lowest BCUT2D eigenvalue weighted by Gasteiger charge is -2.18. The summed E-state index contributed by atoms with van der Waals surface area (Å²) < 4.78 is 26.3. The Labute approximate surface area is 304 Å². The highest BCUT2D eigenvalue weighted by Gasteiger charge is 2.22. The summed E-state index contributed by atoms with van der Waals surface area (Å²) in [6.45, 7) is 3.55. The summed E-state index contributed by atoms with van der Waals surface area (Å²) in [7, 11) is -4.77. The molecule has 1 atom stereocenters. The number of hydrogen-bond acceptors (Lipinski definition) is 6. The number of ether oxygens (including phenoxy) is 2. The van der Waals surface area contributed by atoms with Crippen molar-refractivity contribution in [1.82, 2.24) is 0 Å². The molecule has 0 heterocycles. The summed E-state index contributed by atoms with van der Waals surface area (Å²) in [5.74, 6) is -0.962. The van der Waals surface area contributed by atoms with E-state index in [1.165, 1.54) is 44.9 Å². The molecule has 0 aliphatic carbocycles. The monoisotopic (exact) mass is 720 g/mol. The molecule has 0 saturated carbocycles. The standard InChI is InChI=1S/C41H69O8P/c1-3-5-7-9-11-13-15-17-19-20-22-24-26-28-30-32-34-36-41(43)49-39(38-48-50(44,45)46)37-47-40(42)35-33-31-29-27-25-23-21-18-16-14-12-10-8-6-4-2/h11-14,17-19,21-22,24-25,27,39H,3-10,15-16,20,23,26,28-38H2,1-2H3,(H2,44,45,46)/b13-11+,14-12+,19-17+,21-18+,24-22+,27-25+/t39-/m1/s1. The van der Waals surface area contributed by atoms with Crippen LogP contribution in [0.1, 0.15) is 155 Å². The molecular weight excluding hydrogens is 651 g/mol. The SMILES string of the molecule is CCCCC/C=C/C/C=C/C/C=C/CCCCCCC(=O)O[C@H](COC(=O)CCCC/C=C/C/C=C/C/C=C/CCCCC)COP(=O)(O)O. The van der Waals surface area contributed by atoms with E-state index in [1.807, 2.05) is 0 Å². The van der Waals surface area contributed by atoms with Gasteiger partial charge in [0.05, 0.1) is 6.61 Å². The second kappa shape index (κ2) is 36.3. The number of carbonyl (C=O) groups is 2. The van der Waals surface area contributed by atoms with Gasteiger partial charge >= 0.3 is 19.8 Å². The topological polar surface area (TPSA) is 119 Å². The third kappa shape index (κ3) is 38.3. The number of phosphoric acid groups is 1. The van der Waals surface area contributed by atoms with Crippen LogP contribution in [0.15, 0.2) is 72.9 Å². The second-order valence-electron chi connectivity index (χ2n) is 12.5. The van der Waals surface area contributed by atoms with Crippen molar-refractivity contribution in [3.05, 3.63) is 72.9 Å². The van der Waals surface area contributed by atoms with Crippen LogP contribution >= 0.6 is 7.82 Å². The minimum Gasteiger partial charge on any atom is -0.462 e. The van der Waals surface area contributed by atoms with Crippen molar-refractivity contribution in [3.8, 4) is 0 Å². The van der Waals surface area contributed by atoms with Gasteiger partial charge in [-0.1, -0.05) is 125 Å². The van der Waals surface area contributed by atoms with Crippen LogP contribution in [-0.2, 0) is 28.2 Å². The fourth-order valence-electron chi connectivity index (χ4n) is 4.80. The number of esters is 2. The third-order valence-corrected chi connectivity index (χ3v) is 8.18. The Bertz CT molecular complexity index is 1040. The fourth-order valence-corrected chi connectivity index (χ4v) is 5.16. The lowest BCUT2D eigenvalue weighted by molar-refractivity contribution is -0.161. The lowest BCUT2D eigenvalue weighted by Crippen LogP contribution is -2.29. The Kier molecular flexibility index (Phi) is 34.5. The van der Waals surface area contributed by atoms with Crippen LogP contribution in [0, 0.1) is 0 Å². The number of unbranched alkanes of at least 4 members (excludes halogenated alkanes) is 12. The van der Waals surface area contributed by atoms with Crippen LogP contribution in [0.4, 0.5) is 0 Å².